The van der Waals surface area contributed by atoms with Crippen LogP contribution in [0.25, 0.3) is 15.9 Å². The number of fused-ring (bicyclic) bond motifs is 1. The van der Waals surface area contributed by atoms with Crippen LogP contribution >= 0.6 is 34.7 Å². The summed E-state index contributed by atoms with van der Waals surface area (Å²) in [6.45, 7) is 1.97. The molecule has 3 heterocycles. The van der Waals surface area contributed by atoms with E-state index >= 15 is 0 Å². The average Bonchev–Trinajstić information content (AvgIpc) is 3.17. The molecule has 1 saturated heterocycles. The van der Waals surface area contributed by atoms with E-state index in [-0.39, 0.29) is 5.91 Å². The number of thioether (sulfide) groups is 1. The molecule has 25 heavy (non-hydrogen) atoms. The van der Waals surface area contributed by atoms with Crippen LogP contribution in [0.1, 0.15) is 28.2 Å². The zero-order chi connectivity index (χ0) is 17.4. The highest BCUT2D eigenvalue weighted by Crippen LogP contribution is 2.31. The van der Waals surface area contributed by atoms with Crippen LogP contribution in [0.15, 0.2) is 30.3 Å². The summed E-state index contributed by atoms with van der Waals surface area (Å²) in [4.78, 5) is 14.4. The molecule has 4 rings (SSSR count). The number of aromatic nitrogens is 2. The predicted octanol–water partition coefficient (Wildman–Crippen LogP) is 4.67. The van der Waals surface area contributed by atoms with Crippen molar-refractivity contribution < 1.29 is 4.79 Å². The molecular formula is C18H18ClN3OS2. The number of thiophene rings is 1. The molecule has 0 saturated carbocycles. The van der Waals surface area contributed by atoms with E-state index in [0.717, 1.165) is 50.8 Å². The van der Waals surface area contributed by atoms with Gasteiger partial charge in [0.05, 0.1) is 16.3 Å². The molecule has 0 unspecified atom stereocenters. The van der Waals surface area contributed by atoms with E-state index in [4.69, 9.17) is 11.6 Å². The maximum absolute atomic E-state index is 12.6. The molecule has 3 aromatic rings. The maximum atomic E-state index is 12.6. The van der Waals surface area contributed by atoms with Crippen molar-refractivity contribution in [2.45, 2.75) is 25.8 Å². The molecule has 0 aliphatic carbocycles. The lowest BCUT2D eigenvalue weighted by Gasteiger charge is -2.22. The predicted molar refractivity (Wildman–Crippen MR) is 107 cm³/mol. The van der Waals surface area contributed by atoms with Gasteiger partial charge in [0.1, 0.15) is 4.83 Å². The van der Waals surface area contributed by atoms with Crippen LogP contribution in [0.4, 0.5) is 0 Å². The molecule has 1 amide bonds. The van der Waals surface area contributed by atoms with Gasteiger partial charge in [-0.05, 0) is 55.5 Å². The van der Waals surface area contributed by atoms with Crippen molar-refractivity contribution >= 4 is 50.8 Å². The van der Waals surface area contributed by atoms with Gasteiger partial charge < -0.3 is 5.32 Å². The van der Waals surface area contributed by atoms with Gasteiger partial charge >= 0.3 is 0 Å². The van der Waals surface area contributed by atoms with E-state index in [1.165, 1.54) is 11.3 Å². The Morgan fingerprint density at radius 3 is 2.88 bits per heavy atom. The Morgan fingerprint density at radius 1 is 1.32 bits per heavy atom. The fourth-order valence-corrected chi connectivity index (χ4v) is 5.42. The van der Waals surface area contributed by atoms with Crippen LogP contribution in [0, 0.1) is 6.92 Å². The first-order valence-electron chi connectivity index (χ1n) is 8.25. The summed E-state index contributed by atoms with van der Waals surface area (Å²) in [5.74, 6) is 2.27. The molecule has 0 spiro atoms. The van der Waals surface area contributed by atoms with E-state index in [0.29, 0.717) is 11.1 Å². The summed E-state index contributed by atoms with van der Waals surface area (Å²) in [5, 5.41) is 9.48. The first-order chi connectivity index (χ1) is 12.1. The van der Waals surface area contributed by atoms with Gasteiger partial charge in [-0.3, -0.25) is 4.79 Å². The second-order valence-corrected chi connectivity index (χ2v) is 8.86. The molecule has 0 radical (unpaired) electrons. The molecule has 1 fully saturated rings. The molecular weight excluding hydrogens is 374 g/mol. The van der Waals surface area contributed by atoms with Gasteiger partial charge in [0.15, 0.2) is 0 Å². The third-order valence-corrected chi connectivity index (χ3v) is 6.77. The summed E-state index contributed by atoms with van der Waals surface area (Å²) in [7, 11) is 0. The van der Waals surface area contributed by atoms with Gasteiger partial charge in [0, 0.05) is 16.5 Å². The van der Waals surface area contributed by atoms with Crippen molar-refractivity contribution in [3.8, 4) is 5.69 Å². The minimum atomic E-state index is 0.0233. The van der Waals surface area contributed by atoms with Gasteiger partial charge in [0.2, 0.25) is 0 Å². The largest absolute Gasteiger partial charge is 0.349 e. The zero-order valence-corrected chi connectivity index (χ0v) is 16.2. The number of rotatable bonds is 3. The quantitative estimate of drug-likeness (QED) is 0.705. The fraction of sp³-hybridized carbons (Fsp3) is 0.333. The smallest absolute Gasteiger partial charge is 0.261 e. The van der Waals surface area contributed by atoms with Crippen LogP contribution in [0.3, 0.4) is 0 Å². The van der Waals surface area contributed by atoms with Crippen LogP contribution in [0.5, 0.6) is 0 Å². The normalized spacial score (nSPS) is 15.6. The molecule has 2 aromatic heterocycles. The number of amides is 1. The van der Waals surface area contributed by atoms with Gasteiger partial charge in [-0.25, -0.2) is 4.68 Å². The molecule has 1 aromatic carbocycles. The van der Waals surface area contributed by atoms with Gasteiger partial charge in [-0.15, -0.1) is 11.3 Å². The maximum Gasteiger partial charge on any atom is 0.261 e. The van der Waals surface area contributed by atoms with Crippen molar-refractivity contribution in [1.29, 1.82) is 0 Å². The van der Waals surface area contributed by atoms with Crippen LogP contribution in [-0.4, -0.2) is 33.2 Å². The second-order valence-electron chi connectivity index (χ2n) is 6.17. The number of hydrogen-bond donors (Lipinski definition) is 1. The number of nitrogens with one attached hydrogen (secondary N) is 1. The highest BCUT2D eigenvalue weighted by Gasteiger charge is 2.21. The van der Waals surface area contributed by atoms with Crippen molar-refractivity contribution in [3.05, 3.63) is 45.9 Å². The summed E-state index contributed by atoms with van der Waals surface area (Å²) < 4.78 is 1.87. The number of carbonyl (C=O) groups is 1. The first kappa shape index (κ1) is 16.9. The highest BCUT2D eigenvalue weighted by atomic mass is 35.5. The summed E-state index contributed by atoms with van der Waals surface area (Å²) in [6.07, 6.45) is 2.10. The molecule has 130 valence electrons. The molecule has 7 heteroatoms. The number of halogens is 1. The fourth-order valence-electron chi connectivity index (χ4n) is 3.04. The van der Waals surface area contributed by atoms with Crippen molar-refractivity contribution in [1.82, 2.24) is 15.1 Å². The van der Waals surface area contributed by atoms with Crippen molar-refractivity contribution in [2.75, 3.05) is 11.5 Å². The van der Waals surface area contributed by atoms with E-state index in [1.54, 1.807) is 0 Å². The molecule has 1 aliphatic heterocycles. The Hall–Kier alpha value is -1.50. The van der Waals surface area contributed by atoms with Crippen LogP contribution < -0.4 is 5.32 Å². The first-order valence-corrected chi connectivity index (χ1v) is 10.6. The minimum absolute atomic E-state index is 0.0233. The third-order valence-electron chi connectivity index (χ3n) is 4.38. The number of aryl methyl sites for hydroxylation is 1. The molecule has 0 bridgehead atoms. The van der Waals surface area contributed by atoms with E-state index < -0.39 is 0 Å². The van der Waals surface area contributed by atoms with Gasteiger partial charge in [-0.1, -0.05) is 17.7 Å². The lowest BCUT2D eigenvalue weighted by Crippen LogP contribution is -2.36. The van der Waals surface area contributed by atoms with E-state index in [9.17, 15) is 4.79 Å². The number of carbonyl (C=O) groups excluding carboxylic acids is 1. The van der Waals surface area contributed by atoms with E-state index in [2.05, 4.69) is 10.4 Å². The Balaban J connectivity index is 1.66. The lowest BCUT2D eigenvalue weighted by atomic mass is 10.1. The number of nitrogens with zero attached hydrogens (tertiary/aromatic N) is 2. The lowest BCUT2D eigenvalue weighted by molar-refractivity contribution is 0.0939. The minimum Gasteiger partial charge on any atom is -0.349 e. The Kier molecular flexibility index (Phi) is 4.75. The topological polar surface area (TPSA) is 46.9 Å². The monoisotopic (exact) mass is 391 g/mol. The molecule has 0 atom stereocenters. The number of benzene rings is 1. The van der Waals surface area contributed by atoms with Gasteiger partial charge in [-0.2, -0.15) is 16.9 Å². The SMILES string of the molecule is Cc1nn(-c2cccc(Cl)c2)c2sc(C(=O)NC3CCSCC3)cc12. The summed E-state index contributed by atoms with van der Waals surface area (Å²) in [5.41, 5.74) is 1.82. The molecule has 1 N–H and O–H groups in total. The van der Waals surface area contributed by atoms with Crippen LogP contribution in [0.2, 0.25) is 5.02 Å². The Labute approximate surface area is 159 Å². The Bertz CT molecular complexity index is 928. The van der Waals surface area contributed by atoms with Crippen molar-refractivity contribution in [2.24, 2.45) is 0 Å². The Morgan fingerprint density at radius 2 is 2.12 bits per heavy atom. The molecule has 1 aliphatic rings. The number of hydrogen-bond acceptors (Lipinski definition) is 4. The van der Waals surface area contributed by atoms with E-state index in [1.807, 2.05) is 53.7 Å². The summed E-state index contributed by atoms with van der Waals surface area (Å²) in [6, 6.07) is 9.85. The third kappa shape index (κ3) is 3.43. The standard InChI is InChI=1S/C18H18ClN3OS2/c1-11-15-10-16(17(23)20-13-5-7-24-8-6-13)25-18(15)22(21-11)14-4-2-3-12(19)9-14/h2-4,9-10,13H,5-8H2,1H3,(H,20,23). The van der Waals surface area contributed by atoms with Crippen molar-refractivity contribution in [3.63, 3.8) is 0 Å². The van der Waals surface area contributed by atoms with Gasteiger partial charge in [0.25, 0.3) is 5.91 Å². The average molecular weight is 392 g/mol. The zero-order valence-electron chi connectivity index (χ0n) is 13.8. The summed E-state index contributed by atoms with van der Waals surface area (Å²) >= 11 is 9.55. The highest BCUT2D eigenvalue weighted by molar-refractivity contribution is 7.99. The second kappa shape index (κ2) is 7.02. The molecule has 4 nitrogen and oxygen atoms in total. The van der Waals surface area contributed by atoms with Crippen LogP contribution in [-0.2, 0) is 0 Å².